The SMILES string of the molecule is CCOC(=O)[C@H](C)N1C(=O)SC(=Cc2cc(OC)c(OC)cc2Cl)C1=O. The van der Waals surface area contributed by atoms with E-state index in [2.05, 4.69) is 0 Å². The van der Waals surface area contributed by atoms with Gasteiger partial charge in [0.05, 0.1) is 30.8 Å². The molecule has 0 aliphatic carbocycles. The Morgan fingerprint density at radius 1 is 1.27 bits per heavy atom. The summed E-state index contributed by atoms with van der Waals surface area (Å²) in [6, 6.07) is 2.15. The van der Waals surface area contributed by atoms with Crippen molar-refractivity contribution in [1.82, 2.24) is 4.90 Å². The van der Waals surface area contributed by atoms with Gasteiger partial charge in [0.15, 0.2) is 11.5 Å². The molecule has 0 bridgehead atoms. The number of methoxy groups -OCH3 is 2. The van der Waals surface area contributed by atoms with E-state index in [1.165, 1.54) is 27.2 Å². The largest absolute Gasteiger partial charge is 0.493 e. The maximum atomic E-state index is 12.6. The molecule has 26 heavy (non-hydrogen) atoms. The molecule has 0 N–H and O–H groups in total. The summed E-state index contributed by atoms with van der Waals surface area (Å²) >= 11 is 6.95. The lowest BCUT2D eigenvalue weighted by molar-refractivity contribution is -0.150. The molecule has 2 rings (SSSR count). The number of thioether (sulfide) groups is 1. The minimum absolute atomic E-state index is 0.153. The van der Waals surface area contributed by atoms with E-state index in [9.17, 15) is 14.4 Å². The van der Waals surface area contributed by atoms with Crippen LogP contribution in [0.4, 0.5) is 4.79 Å². The number of halogens is 1. The molecular formula is C17H18ClNO6S. The molecule has 7 nitrogen and oxygen atoms in total. The predicted octanol–water partition coefficient (Wildman–Crippen LogP) is 3.35. The second-order valence-corrected chi connectivity index (χ2v) is 6.61. The molecule has 9 heteroatoms. The Balaban J connectivity index is 2.34. The topological polar surface area (TPSA) is 82.1 Å². The van der Waals surface area contributed by atoms with Crippen molar-refractivity contribution in [1.29, 1.82) is 0 Å². The summed E-state index contributed by atoms with van der Waals surface area (Å²) < 4.78 is 15.3. The van der Waals surface area contributed by atoms with Crippen LogP contribution in [-0.2, 0) is 14.3 Å². The Morgan fingerprint density at radius 2 is 1.88 bits per heavy atom. The van der Waals surface area contributed by atoms with E-state index in [0.29, 0.717) is 22.1 Å². The molecule has 140 valence electrons. The lowest BCUT2D eigenvalue weighted by Crippen LogP contribution is -2.42. The highest BCUT2D eigenvalue weighted by Crippen LogP contribution is 2.38. The normalized spacial score (nSPS) is 16.8. The summed E-state index contributed by atoms with van der Waals surface area (Å²) in [6.07, 6.45) is 1.48. The number of carbonyl (C=O) groups excluding carboxylic acids is 3. The zero-order chi connectivity index (χ0) is 19.4. The van der Waals surface area contributed by atoms with Gasteiger partial charge in [0.25, 0.3) is 11.1 Å². The summed E-state index contributed by atoms with van der Waals surface area (Å²) in [5, 5.41) is -0.216. The number of amides is 2. The smallest absolute Gasteiger partial charge is 0.329 e. The van der Waals surface area contributed by atoms with Crippen molar-refractivity contribution in [3.8, 4) is 11.5 Å². The molecule has 1 aliphatic rings. The molecule has 1 aromatic rings. The van der Waals surface area contributed by atoms with Crippen molar-refractivity contribution in [3.63, 3.8) is 0 Å². The van der Waals surface area contributed by atoms with Crippen LogP contribution in [0.1, 0.15) is 19.4 Å². The molecular weight excluding hydrogens is 382 g/mol. The van der Waals surface area contributed by atoms with Crippen LogP contribution in [-0.4, -0.2) is 48.9 Å². The number of nitrogens with zero attached hydrogens (tertiary/aromatic N) is 1. The minimum Gasteiger partial charge on any atom is -0.493 e. The van der Waals surface area contributed by atoms with Crippen LogP contribution in [0.3, 0.4) is 0 Å². The van der Waals surface area contributed by atoms with Gasteiger partial charge in [0.2, 0.25) is 0 Å². The molecule has 1 heterocycles. The van der Waals surface area contributed by atoms with Gasteiger partial charge in [0, 0.05) is 6.07 Å². The lowest BCUT2D eigenvalue weighted by Gasteiger charge is -2.19. The number of esters is 1. The fourth-order valence-corrected chi connectivity index (χ4v) is 3.41. The summed E-state index contributed by atoms with van der Waals surface area (Å²) in [5.41, 5.74) is 0.485. The van der Waals surface area contributed by atoms with Crippen molar-refractivity contribution in [2.45, 2.75) is 19.9 Å². The van der Waals surface area contributed by atoms with Gasteiger partial charge in [0.1, 0.15) is 6.04 Å². The van der Waals surface area contributed by atoms with Crippen LogP contribution < -0.4 is 9.47 Å². The summed E-state index contributed by atoms with van der Waals surface area (Å²) in [6.45, 7) is 3.26. The van der Waals surface area contributed by atoms with Crippen LogP contribution in [0, 0.1) is 0 Å². The maximum absolute atomic E-state index is 12.6. The highest BCUT2D eigenvalue weighted by atomic mass is 35.5. The number of hydrogen-bond donors (Lipinski definition) is 0. The van der Waals surface area contributed by atoms with E-state index < -0.39 is 23.2 Å². The van der Waals surface area contributed by atoms with Crippen molar-refractivity contribution < 1.29 is 28.6 Å². The van der Waals surface area contributed by atoms with Crippen molar-refractivity contribution >= 4 is 46.6 Å². The van der Waals surface area contributed by atoms with Gasteiger partial charge >= 0.3 is 5.97 Å². The molecule has 2 amide bonds. The number of benzene rings is 1. The third-order valence-corrected chi connectivity index (χ3v) is 4.84. The highest BCUT2D eigenvalue weighted by Gasteiger charge is 2.41. The van der Waals surface area contributed by atoms with Gasteiger partial charge in [-0.15, -0.1) is 0 Å². The monoisotopic (exact) mass is 399 g/mol. The number of imide groups is 1. The first kappa shape index (κ1) is 20.1. The van der Waals surface area contributed by atoms with E-state index in [1.807, 2.05) is 0 Å². The van der Waals surface area contributed by atoms with Crippen LogP contribution in [0.25, 0.3) is 6.08 Å². The van der Waals surface area contributed by atoms with Crippen molar-refractivity contribution in [3.05, 3.63) is 27.6 Å². The van der Waals surface area contributed by atoms with E-state index in [4.69, 9.17) is 25.8 Å². The minimum atomic E-state index is -1.01. The lowest BCUT2D eigenvalue weighted by atomic mass is 10.1. The van der Waals surface area contributed by atoms with Gasteiger partial charge in [-0.25, -0.2) is 4.79 Å². The van der Waals surface area contributed by atoms with Gasteiger partial charge in [-0.3, -0.25) is 14.5 Å². The molecule has 0 unspecified atom stereocenters. The maximum Gasteiger partial charge on any atom is 0.329 e. The Labute approximate surface area is 160 Å². The van der Waals surface area contributed by atoms with Crippen LogP contribution >= 0.6 is 23.4 Å². The zero-order valence-electron chi connectivity index (χ0n) is 14.7. The van der Waals surface area contributed by atoms with E-state index in [-0.39, 0.29) is 11.5 Å². The molecule has 0 spiro atoms. The number of hydrogen-bond acceptors (Lipinski definition) is 7. The third kappa shape index (κ3) is 3.96. The Hall–Kier alpha value is -2.19. The van der Waals surface area contributed by atoms with E-state index in [1.54, 1.807) is 19.1 Å². The van der Waals surface area contributed by atoms with Gasteiger partial charge in [-0.1, -0.05) is 11.6 Å². The standard InChI is InChI=1S/C17H18ClNO6S/c1-5-25-16(21)9(2)19-15(20)14(26-17(19)22)7-10-6-12(23-3)13(24-4)8-11(10)18/h6-9H,5H2,1-4H3/t9-/m0/s1. The fraction of sp³-hybridized carbons (Fsp3) is 0.353. The average molecular weight is 400 g/mol. The number of ether oxygens (including phenoxy) is 3. The van der Waals surface area contributed by atoms with Crippen LogP contribution in [0.5, 0.6) is 11.5 Å². The average Bonchev–Trinajstić information content (AvgIpc) is 2.89. The molecule has 1 atom stereocenters. The van der Waals surface area contributed by atoms with Crippen molar-refractivity contribution in [2.24, 2.45) is 0 Å². The molecule has 0 radical (unpaired) electrons. The summed E-state index contributed by atoms with van der Waals surface area (Å²) in [4.78, 5) is 37.6. The predicted molar refractivity (Wildman–Crippen MR) is 98.5 cm³/mol. The van der Waals surface area contributed by atoms with Crippen molar-refractivity contribution in [2.75, 3.05) is 20.8 Å². The highest BCUT2D eigenvalue weighted by molar-refractivity contribution is 8.18. The second-order valence-electron chi connectivity index (χ2n) is 5.21. The first-order valence-electron chi connectivity index (χ1n) is 7.69. The van der Waals surface area contributed by atoms with Gasteiger partial charge in [-0.2, -0.15) is 0 Å². The van der Waals surface area contributed by atoms with Crippen LogP contribution in [0.2, 0.25) is 5.02 Å². The molecule has 1 aromatic carbocycles. The van der Waals surface area contributed by atoms with E-state index >= 15 is 0 Å². The Kier molecular flexibility index (Phi) is 6.55. The molecule has 1 fully saturated rings. The van der Waals surface area contributed by atoms with Gasteiger partial charge in [-0.05, 0) is 43.3 Å². The molecule has 1 aliphatic heterocycles. The number of carbonyl (C=O) groups is 3. The fourth-order valence-electron chi connectivity index (χ4n) is 2.30. The van der Waals surface area contributed by atoms with E-state index in [0.717, 1.165) is 16.7 Å². The molecule has 0 saturated carbocycles. The number of rotatable bonds is 6. The second kappa shape index (κ2) is 8.46. The molecule has 1 saturated heterocycles. The third-order valence-electron chi connectivity index (χ3n) is 3.63. The molecule has 0 aromatic heterocycles. The van der Waals surface area contributed by atoms with Gasteiger partial charge < -0.3 is 14.2 Å². The first-order valence-corrected chi connectivity index (χ1v) is 8.88. The summed E-state index contributed by atoms with van der Waals surface area (Å²) in [5.74, 6) is -0.340. The van der Waals surface area contributed by atoms with Crippen LogP contribution in [0.15, 0.2) is 17.0 Å². The first-order chi connectivity index (χ1) is 12.3. The Morgan fingerprint density at radius 3 is 2.46 bits per heavy atom. The quantitative estimate of drug-likeness (QED) is 0.535. The zero-order valence-corrected chi connectivity index (χ0v) is 16.3. The Bertz CT molecular complexity index is 779. The summed E-state index contributed by atoms with van der Waals surface area (Å²) in [7, 11) is 2.96.